The largest absolute Gasteiger partial charge is 0.373 e. The molecule has 2 atom stereocenters. The number of hydrogen-bond donors (Lipinski definition) is 1. The number of rotatable bonds is 3. The van der Waals surface area contributed by atoms with Gasteiger partial charge in [-0.1, -0.05) is 0 Å². The van der Waals surface area contributed by atoms with Gasteiger partial charge in [-0.2, -0.15) is 16.4 Å². The van der Waals surface area contributed by atoms with Gasteiger partial charge in [-0.15, -0.1) is 0 Å². The van der Waals surface area contributed by atoms with E-state index in [4.69, 9.17) is 4.74 Å². The molecule has 21 heavy (non-hydrogen) atoms. The van der Waals surface area contributed by atoms with Crippen molar-refractivity contribution in [1.82, 2.24) is 9.78 Å². The standard InChI is InChI=1S/C15H19N3O2S/c1-9-13(10(2)18(3)17-9)14-12(4-6-20-14)15(19)16-11-5-7-21-8-11/h5,7-8,12,14H,4,6H2,1-3H3,(H,16,19)/t12-,14-/m0/s1. The van der Waals surface area contributed by atoms with Crippen molar-refractivity contribution in [2.45, 2.75) is 26.4 Å². The van der Waals surface area contributed by atoms with Crippen LogP contribution in [0.4, 0.5) is 5.69 Å². The molecule has 0 unspecified atom stereocenters. The van der Waals surface area contributed by atoms with Crippen LogP contribution < -0.4 is 5.32 Å². The third-order valence-corrected chi connectivity index (χ3v) is 4.75. The zero-order valence-electron chi connectivity index (χ0n) is 12.4. The molecule has 1 amide bonds. The van der Waals surface area contributed by atoms with E-state index in [9.17, 15) is 4.79 Å². The zero-order valence-corrected chi connectivity index (χ0v) is 13.2. The molecule has 1 fully saturated rings. The van der Waals surface area contributed by atoms with Crippen LogP contribution in [0, 0.1) is 19.8 Å². The summed E-state index contributed by atoms with van der Waals surface area (Å²) in [7, 11) is 1.92. The summed E-state index contributed by atoms with van der Waals surface area (Å²) in [5.74, 6) is -0.134. The topological polar surface area (TPSA) is 56.2 Å². The van der Waals surface area contributed by atoms with Gasteiger partial charge in [0.15, 0.2) is 0 Å². The average Bonchev–Trinajstić information content (AvgIpc) is 3.13. The Bertz CT molecular complexity index is 648. The summed E-state index contributed by atoms with van der Waals surface area (Å²) >= 11 is 1.57. The fourth-order valence-corrected chi connectivity index (χ4v) is 3.50. The molecule has 0 aromatic carbocycles. The Morgan fingerprint density at radius 1 is 1.52 bits per heavy atom. The zero-order chi connectivity index (χ0) is 15.0. The molecule has 3 heterocycles. The number of thiophene rings is 1. The molecular formula is C15H19N3O2S. The van der Waals surface area contributed by atoms with E-state index in [0.717, 1.165) is 29.1 Å². The van der Waals surface area contributed by atoms with Crippen LogP contribution in [0.2, 0.25) is 0 Å². The van der Waals surface area contributed by atoms with E-state index in [1.807, 2.05) is 42.4 Å². The minimum Gasteiger partial charge on any atom is -0.373 e. The first-order valence-corrected chi connectivity index (χ1v) is 7.97. The summed E-state index contributed by atoms with van der Waals surface area (Å²) < 4.78 is 7.70. The van der Waals surface area contributed by atoms with E-state index in [1.165, 1.54) is 0 Å². The van der Waals surface area contributed by atoms with Crippen LogP contribution in [0.15, 0.2) is 16.8 Å². The van der Waals surface area contributed by atoms with Crippen molar-refractivity contribution in [3.05, 3.63) is 33.8 Å². The highest BCUT2D eigenvalue weighted by molar-refractivity contribution is 7.08. The monoisotopic (exact) mass is 305 g/mol. The molecule has 0 aliphatic carbocycles. The minimum absolute atomic E-state index is 0.0264. The molecule has 112 valence electrons. The van der Waals surface area contributed by atoms with Gasteiger partial charge in [0.05, 0.1) is 23.4 Å². The van der Waals surface area contributed by atoms with E-state index in [2.05, 4.69) is 10.4 Å². The molecule has 0 bridgehead atoms. The number of carbonyl (C=O) groups excluding carboxylic acids is 1. The quantitative estimate of drug-likeness (QED) is 0.948. The van der Waals surface area contributed by atoms with Gasteiger partial charge in [0.25, 0.3) is 0 Å². The second-order valence-corrected chi connectivity index (χ2v) is 6.18. The molecule has 0 saturated carbocycles. The van der Waals surface area contributed by atoms with Crippen LogP contribution in [-0.2, 0) is 16.6 Å². The third-order valence-electron chi connectivity index (χ3n) is 4.07. The SMILES string of the molecule is Cc1nn(C)c(C)c1[C@H]1OCC[C@@H]1C(=O)Nc1ccsc1. The predicted octanol–water partition coefficient (Wildman–Crippen LogP) is 2.81. The Morgan fingerprint density at radius 2 is 2.33 bits per heavy atom. The van der Waals surface area contributed by atoms with E-state index in [1.54, 1.807) is 11.3 Å². The number of carbonyl (C=O) groups is 1. The van der Waals surface area contributed by atoms with E-state index in [0.29, 0.717) is 6.61 Å². The summed E-state index contributed by atoms with van der Waals surface area (Å²) in [5.41, 5.74) is 3.92. The number of ether oxygens (including phenoxy) is 1. The second kappa shape index (κ2) is 5.61. The highest BCUT2D eigenvalue weighted by Crippen LogP contribution is 2.38. The molecule has 2 aromatic heterocycles. The lowest BCUT2D eigenvalue weighted by atomic mass is 9.93. The third kappa shape index (κ3) is 2.61. The van der Waals surface area contributed by atoms with Crippen molar-refractivity contribution >= 4 is 22.9 Å². The van der Waals surface area contributed by atoms with Crippen LogP contribution >= 0.6 is 11.3 Å². The molecule has 3 rings (SSSR count). The molecule has 0 radical (unpaired) electrons. The molecule has 1 N–H and O–H groups in total. The number of nitrogens with one attached hydrogen (secondary N) is 1. The highest BCUT2D eigenvalue weighted by atomic mass is 32.1. The first kappa shape index (κ1) is 14.3. The fourth-order valence-electron chi connectivity index (χ4n) is 2.91. The molecule has 1 aliphatic heterocycles. The Labute approximate surface area is 127 Å². The smallest absolute Gasteiger partial charge is 0.230 e. The predicted molar refractivity (Wildman–Crippen MR) is 82.4 cm³/mol. The maximum Gasteiger partial charge on any atom is 0.230 e. The number of hydrogen-bond acceptors (Lipinski definition) is 4. The lowest BCUT2D eigenvalue weighted by molar-refractivity contribution is -0.121. The van der Waals surface area contributed by atoms with Gasteiger partial charge >= 0.3 is 0 Å². The number of anilines is 1. The van der Waals surface area contributed by atoms with Gasteiger partial charge in [0.1, 0.15) is 0 Å². The van der Waals surface area contributed by atoms with Crippen LogP contribution in [-0.4, -0.2) is 22.3 Å². The van der Waals surface area contributed by atoms with E-state index in [-0.39, 0.29) is 17.9 Å². The van der Waals surface area contributed by atoms with Gasteiger partial charge in [-0.25, -0.2) is 0 Å². The van der Waals surface area contributed by atoms with Crippen LogP contribution in [0.1, 0.15) is 29.5 Å². The first-order chi connectivity index (χ1) is 10.1. The fraction of sp³-hybridized carbons (Fsp3) is 0.467. The van der Waals surface area contributed by atoms with Crippen molar-refractivity contribution in [2.24, 2.45) is 13.0 Å². The van der Waals surface area contributed by atoms with Gasteiger partial charge in [-0.3, -0.25) is 9.48 Å². The molecule has 1 aliphatic rings. The highest BCUT2D eigenvalue weighted by Gasteiger charge is 2.38. The van der Waals surface area contributed by atoms with Gasteiger partial charge < -0.3 is 10.1 Å². The van der Waals surface area contributed by atoms with E-state index >= 15 is 0 Å². The Morgan fingerprint density at radius 3 is 2.95 bits per heavy atom. The lowest BCUT2D eigenvalue weighted by Crippen LogP contribution is -2.25. The lowest BCUT2D eigenvalue weighted by Gasteiger charge is -2.18. The van der Waals surface area contributed by atoms with Crippen molar-refractivity contribution in [1.29, 1.82) is 0 Å². The molecule has 6 heteroatoms. The van der Waals surface area contributed by atoms with Crippen molar-refractivity contribution < 1.29 is 9.53 Å². The molecule has 5 nitrogen and oxygen atoms in total. The Kier molecular flexibility index (Phi) is 3.82. The maximum atomic E-state index is 12.5. The van der Waals surface area contributed by atoms with Gasteiger partial charge in [0, 0.05) is 30.3 Å². The van der Waals surface area contributed by atoms with Crippen molar-refractivity contribution in [3.63, 3.8) is 0 Å². The number of aryl methyl sites for hydroxylation is 2. The molecular weight excluding hydrogens is 286 g/mol. The number of nitrogens with zero attached hydrogens (tertiary/aromatic N) is 2. The van der Waals surface area contributed by atoms with Crippen molar-refractivity contribution in [3.8, 4) is 0 Å². The molecule has 2 aromatic rings. The molecule has 1 saturated heterocycles. The van der Waals surface area contributed by atoms with Gasteiger partial charge in [0.2, 0.25) is 5.91 Å². The number of aromatic nitrogens is 2. The molecule has 0 spiro atoms. The average molecular weight is 305 g/mol. The number of amides is 1. The van der Waals surface area contributed by atoms with Crippen molar-refractivity contribution in [2.75, 3.05) is 11.9 Å². The van der Waals surface area contributed by atoms with Crippen LogP contribution in [0.3, 0.4) is 0 Å². The Hall–Kier alpha value is -1.66. The summed E-state index contributed by atoms with van der Waals surface area (Å²) in [4.78, 5) is 12.5. The summed E-state index contributed by atoms with van der Waals surface area (Å²) in [5, 5.41) is 11.3. The van der Waals surface area contributed by atoms with Crippen LogP contribution in [0.25, 0.3) is 0 Å². The summed E-state index contributed by atoms with van der Waals surface area (Å²) in [6.45, 7) is 4.60. The minimum atomic E-state index is -0.197. The van der Waals surface area contributed by atoms with Gasteiger partial charge in [-0.05, 0) is 31.7 Å². The summed E-state index contributed by atoms with van der Waals surface area (Å²) in [6, 6.07) is 1.91. The summed E-state index contributed by atoms with van der Waals surface area (Å²) in [6.07, 6.45) is 0.548. The second-order valence-electron chi connectivity index (χ2n) is 5.40. The Balaban J connectivity index is 1.83. The van der Waals surface area contributed by atoms with E-state index < -0.39 is 0 Å². The maximum absolute atomic E-state index is 12.5. The normalized spacial score (nSPS) is 21.7. The van der Waals surface area contributed by atoms with Crippen LogP contribution in [0.5, 0.6) is 0 Å². The first-order valence-electron chi connectivity index (χ1n) is 7.02.